The number of aromatic nitrogens is 1. The van der Waals surface area contributed by atoms with Crippen molar-refractivity contribution < 1.29 is 9.53 Å². The maximum absolute atomic E-state index is 11.6. The van der Waals surface area contributed by atoms with E-state index in [4.69, 9.17) is 32.9 Å². The summed E-state index contributed by atoms with van der Waals surface area (Å²) < 4.78 is 4.97. The molecule has 4 nitrogen and oxygen atoms in total. The van der Waals surface area contributed by atoms with Crippen LogP contribution in [0.5, 0.6) is 0 Å². The van der Waals surface area contributed by atoms with Gasteiger partial charge in [0.2, 0.25) is 0 Å². The van der Waals surface area contributed by atoms with Gasteiger partial charge in [0.1, 0.15) is 0 Å². The monoisotopic (exact) mass is 438 g/mol. The Kier molecular flexibility index (Phi) is 7.52. The lowest BCUT2D eigenvalue weighted by molar-refractivity contribution is -0.137. The SMILES string of the molecule is CCOC(=O)C=C(C)CN1CCC(c2nc(-c3ccc(Cl)c(Cl)c3)cs2)CC1. The molecule has 2 heterocycles. The number of hydrogen-bond acceptors (Lipinski definition) is 5. The van der Waals surface area contributed by atoms with E-state index in [0.29, 0.717) is 22.6 Å². The van der Waals surface area contributed by atoms with Crippen LogP contribution in [0, 0.1) is 0 Å². The predicted molar refractivity (Wildman–Crippen MR) is 116 cm³/mol. The van der Waals surface area contributed by atoms with Gasteiger partial charge in [-0.25, -0.2) is 9.78 Å². The fourth-order valence-electron chi connectivity index (χ4n) is 3.38. The molecule has 0 radical (unpaired) electrons. The Morgan fingerprint density at radius 2 is 2.07 bits per heavy atom. The molecule has 1 aliphatic rings. The topological polar surface area (TPSA) is 42.4 Å². The number of benzene rings is 1. The third-order valence-corrected chi connectivity index (χ3v) is 6.54. The van der Waals surface area contributed by atoms with E-state index in [1.807, 2.05) is 32.0 Å². The molecular weight excluding hydrogens is 415 g/mol. The normalized spacial score (nSPS) is 16.4. The molecule has 1 aromatic heterocycles. The molecule has 7 heteroatoms. The first-order valence-corrected chi connectivity index (χ1v) is 11.1. The van der Waals surface area contributed by atoms with Gasteiger partial charge in [-0.1, -0.05) is 34.8 Å². The fourth-order valence-corrected chi connectivity index (χ4v) is 4.68. The van der Waals surface area contributed by atoms with Gasteiger partial charge in [-0.15, -0.1) is 11.3 Å². The summed E-state index contributed by atoms with van der Waals surface area (Å²) in [5.41, 5.74) is 2.98. The van der Waals surface area contributed by atoms with Gasteiger partial charge in [-0.2, -0.15) is 0 Å². The molecule has 2 aromatic rings. The highest BCUT2D eigenvalue weighted by atomic mass is 35.5. The minimum absolute atomic E-state index is 0.257. The summed E-state index contributed by atoms with van der Waals surface area (Å²) in [5, 5.41) is 4.38. The van der Waals surface area contributed by atoms with E-state index in [1.165, 1.54) is 5.01 Å². The molecule has 1 saturated heterocycles. The molecule has 0 amide bonds. The van der Waals surface area contributed by atoms with Crippen LogP contribution < -0.4 is 0 Å². The number of piperidine rings is 1. The Morgan fingerprint density at radius 3 is 2.75 bits per heavy atom. The molecule has 1 aliphatic heterocycles. The molecule has 0 spiro atoms. The van der Waals surface area contributed by atoms with Crippen LogP contribution in [0.3, 0.4) is 0 Å². The van der Waals surface area contributed by atoms with Crippen molar-refractivity contribution in [2.24, 2.45) is 0 Å². The molecule has 28 heavy (non-hydrogen) atoms. The van der Waals surface area contributed by atoms with Gasteiger partial charge >= 0.3 is 5.97 Å². The summed E-state index contributed by atoms with van der Waals surface area (Å²) in [6.45, 7) is 7.01. The minimum atomic E-state index is -0.257. The van der Waals surface area contributed by atoms with Crippen LogP contribution >= 0.6 is 34.5 Å². The first-order chi connectivity index (χ1) is 13.5. The van der Waals surface area contributed by atoms with Crippen molar-refractivity contribution in [3.05, 3.63) is 50.3 Å². The van der Waals surface area contributed by atoms with Crippen LogP contribution in [-0.4, -0.2) is 42.1 Å². The number of carbonyl (C=O) groups is 1. The number of ether oxygens (including phenoxy) is 1. The third-order valence-electron chi connectivity index (χ3n) is 4.80. The second-order valence-corrected chi connectivity index (χ2v) is 8.70. The van der Waals surface area contributed by atoms with Gasteiger partial charge in [-0.05, 0) is 51.9 Å². The number of esters is 1. The summed E-state index contributed by atoms with van der Waals surface area (Å²) in [5.74, 6) is 0.222. The van der Waals surface area contributed by atoms with Gasteiger partial charge in [0.05, 0.1) is 27.4 Å². The standard InChI is InChI=1S/C21H24Cl2N2O2S/c1-3-27-20(26)10-14(2)12-25-8-6-15(7-9-25)21-24-19(13-28-21)16-4-5-17(22)18(23)11-16/h4-5,10-11,13,15H,3,6-9,12H2,1-2H3. The van der Waals surface area contributed by atoms with Gasteiger partial charge in [0.25, 0.3) is 0 Å². The molecule has 0 aliphatic carbocycles. The molecule has 1 aromatic carbocycles. The van der Waals surface area contributed by atoms with E-state index < -0.39 is 0 Å². The smallest absolute Gasteiger partial charge is 0.330 e. The number of rotatable bonds is 6. The minimum Gasteiger partial charge on any atom is -0.463 e. The zero-order chi connectivity index (χ0) is 20.1. The van der Waals surface area contributed by atoms with E-state index in [-0.39, 0.29) is 5.97 Å². The van der Waals surface area contributed by atoms with Crippen molar-refractivity contribution in [1.29, 1.82) is 0 Å². The first kappa shape index (κ1) is 21.3. The molecule has 0 saturated carbocycles. The number of carbonyl (C=O) groups excluding carboxylic acids is 1. The zero-order valence-electron chi connectivity index (χ0n) is 16.1. The molecule has 0 atom stereocenters. The number of nitrogens with zero attached hydrogens (tertiary/aromatic N) is 2. The highest BCUT2D eigenvalue weighted by molar-refractivity contribution is 7.10. The summed E-state index contributed by atoms with van der Waals surface area (Å²) >= 11 is 13.8. The Bertz CT molecular complexity index is 858. The predicted octanol–water partition coefficient (Wildman–Crippen LogP) is 5.81. The Labute approximate surface area is 180 Å². The highest BCUT2D eigenvalue weighted by Crippen LogP contribution is 2.34. The largest absolute Gasteiger partial charge is 0.463 e. The quantitative estimate of drug-likeness (QED) is 0.421. The Balaban J connectivity index is 1.56. The molecular formula is C21H24Cl2N2O2S. The van der Waals surface area contributed by atoms with Crippen LogP contribution in [0.4, 0.5) is 0 Å². The lowest BCUT2D eigenvalue weighted by Gasteiger charge is -2.31. The van der Waals surface area contributed by atoms with Crippen LogP contribution in [0.15, 0.2) is 35.2 Å². The summed E-state index contributed by atoms with van der Waals surface area (Å²) in [6.07, 6.45) is 3.74. The van der Waals surface area contributed by atoms with Crippen LogP contribution in [-0.2, 0) is 9.53 Å². The van der Waals surface area contributed by atoms with E-state index in [0.717, 1.165) is 49.3 Å². The molecule has 0 bridgehead atoms. The molecule has 150 valence electrons. The maximum atomic E-state index is 11.6. The second-order valence-electron chi connectivity index (χ2n) is 6.99. The van der Waals surface area contributed by atoms with Crippen LogP contribution in [0.2, 0.25) is 10.0 Å². The van der Waals surface area contributed by atoms with Gasteiger partial charge in [0, 0.05) is 29.5 Å². The Hall–Kier alpha value is -1.40. The van der Waals surface area contributed by atoms with Gasteiger partial charge in [0.15, 0.2) is 0 Å². The van der Waals surface area contributed by atoms with Crippen molar-refractivity contribution in [3.63, 3.8) is 0 Å². The second kappa shape index (κ2) is 9.88. The van der Waals surface area contributed by atoms with Crippen LogP contribution in [0.1, 0.15) is 37.6 Å². The fraction of sp³-hybridized carbons (Fsp3) is 0.429. The third kappa shape index (κ3) is 5.57. The molecule has 1 fully saturated rings. The maximum Gasteiger partial charge on any atom is 0.330 e. The summed E-state index contributed by atoms with van der Waals surface area (Å²) in [7, 11) is 0. The van der Waals surface area contributed by atoms with Crippen molar-refractivity contribution in [1.82, 2.24) is 9.88 Å². The summed E-state index contributed by atoms with van der Waals surface area (Å²) in [6, 6.07) is 5.63. The van der Waals surface area contributed by atoms with Gasteiger partial charge < -0.3 is 4.74 Å². The lowest BCUT2D eigenvalue weighted by atomic mass is 9.97. The average molecular weight is 439 g/mol. The molecule has 0 unspecified atom stereocenters. The van der Waals surface area contributed by atoms with Gasteiger partial charge in [-0.3, -0.25) is 4.90 Å². The van der Waals surface area contributed by atoms with Crippen molar-refractivity contribution in [2.45, 2.75) is 32.6 Å². The van der Waals surface area contributed by atoms with Crippen molar-refractivity contribution in [2.75, 3.05) is 26.2 Å². The van der Waals surface area contributed by atoms with Crippen molar-refractivity contribution >= 4 is 40.5 Å². The summed E-state index contributed by atoms with van der Waals surface area (Å²) in [4.78, 5) is 18.8. The lowest BCUT2D eigenvalue weighted by Crippen LogP contribution is -2.34. The van der Waals surface area contributed by atoms with E-state index >= 15 is 0 Å². The number of halogens is 2. The van der Waals surface area contributed by atoms with Crippen LogP contribution in [0.25, 0.3) is 11.3 Å². The van der Waals surface area contributed by atoms with E-state index in [1.54, 1.807) is 17.4 Å². The van der Waals surface area contributed by atoms with Crippen molar-refractivity contribution in [3.8, 4) is 11.3 Å². The van der Waals surface area contributed by atoms with E-state index in [2.05, 4.69) is 10.3 Å². The highest BCUT2D eigenvalue weighted by Gasteiger charge is 2.23. The Morgan fingerprint density at radius 1 is 1.32 bits per heavy atom. The number of thiazole rings is 1. The number of likely N-dealkylation sites (tertiary alicyclic amines) is 1. The average Bonchev–Trinajstić information content (AvgIpc) is 3.15. The number of hydrogen-bond donors (Lipinski definition) is 0. The molecule has 0 N–H and O–H groups in total. The molecule has 3 rings (SSSR count). The first-order valence-electron chi connectivity index (χ1n) is 9.43. The zero-order valence-corrected chi connectivity index (χ0v) is 18.4. The van der Waals surface area contributed by atoms with E-state index in [9.17, 15) is 4.79 Å².